The monoisotopic (exact) mass is 358 g/mol. The van der Waals surface area contributed by atoms with Gasteiger partial charge in [0, 0.05) is 29.2 Å². The van der Waals surface area contributed by atoms with Gasteiger partial charge in [-0.3, -0.25) is 4.79 Å². The molecule has 1 atom stereocenters. The van der Waals surface area contributed by atoms with E-state index in [-0.39, 0.29) is 5.91 Å². The van der Waals surface area contributed by atoms with Crippen molar-refractivity contribution in [1.82, 2.24) is 9.88 Å². The predicted molar refractivity (Wildman–Crippen MR) is 109 cm³/mol. The van der Waals surface area contributed by atoms with Crippen LogP contribution in [0.3, 0.4) is 0 Å². The van der Waals surface area contributed by atoms with Gasteiger partial charge in [-0.1, -0.05) is 37.3 Å². The first-order valence-corrected chi connectivity index (χ1v) is 9.74. The van der Waals surface area contributed by atoms with Gasteiger partial charge in [-0.2, -0.15) is 0 Å². The maximum atomic E-state index is 12.4. The number of nitrogens with zero attached hydrogens (tertiary/aromatic N) is 1. The van der Waals surface area contributed by atoms with E-state index in [9.17, 15) is 4.79 Å². The van der Waals surface area contributed by atoms with Crippen molar-refractivity contribution < 1.29 is 4.79 Å². The van der Waals surface area contributed by atoms with Crippen LogP contribution >= 0.6 is 0 Å². The molecule has 1 amide bonds. The summed E-state index contributed by atoms with van der Waals surface area (Å²) in [6.45, 7) is 5.05. The third kappa shape index (κ3) is 3.68. The highest BCUT2D eigenvalue weighted by molar-refractivity contribution is 5.94. The number of hydrogen-bond acceptors (Lipinski definition) is 1. The molecule has 0 spiro atoms. The molecule has 27 heavy (non-hydrogen) atoms. The normalized spacial score (nSPS) is 16.0. The van der Waals surface area contributed by atoms with Crippen molar-refractivity contribution >= 4 is 5.91 Å². The fourth-order valence-electron chi connectivity index (χ4n) is 4.07. The highest BCUT2D eigenvalue weighted by Crippen LogP contribution is 2.30. The Kier molecular flexibility index (Phi) is 4.85. The summed E-state index contributed by atoms with van der Waals surface area (Å²) < 4.78 is 2.35. The molecular formula is C24H26N2O. The molecule has 2 aromatic carbocycles. The van der Waals surface area contributed by atoms with Crippen molar-refractivity contribution in [2.45, 2.75) is 39.7 Å². The summed E-state index contributed by atoms with van der Waals surface area (Å²) in [5.41, 5.74) is 7.13. The van der Waals surface area contributed by atoms with E-state index in [1.165, 1.54) is 29.8 Å². The van der Waals surface area contributed by atoms with Crippen LogP contribution in [0.2, 0.25) is 0 Å². The number of aryl methyl sites for hydroxylation is 1. The zero-order chi connectivity index (χ0) is 18.8. The van der Waals surface area contributed by atoms with Crippen LogP contribution < -0.4 is 5.32 Å². The summed E-state index contributed by atoms with van der Waals surface area (Å²) >= 11 is 0. The number of nitrogens with one attached hydrogen (secondary N) is 1. The quantitative estimate of drug-likeness (QED) is 0.711. The molecule has 0 saturated heterocycles. The average molecular weight is 358 g/mol. The van der Waals surface area contributed by atoms with Crippen LogP contribution in [0, 0.1) is 12.8 Å². The number of carbonyl (C=O) groups is 1. The lowest BCUT2D eigenvalue weighted by Gasteiger charge is -2.21. The Bertz CT molecular complexity index is 939. The van der Waals surface area contributed by atoms with Crippen LogP contribution in [-0.4, -0.2) is 10.5 Å². The van der Waals surface area contributed by atoms with Crippen LogP contribution in [0.5, 0.6) is 0 Å². The molecule has 3 nitrogen and oxygen atoms in total. The lowest BCUT2D eigenvalue weighted by Crippen LogP contribution is -2.22. The Hall–Kier alpha value is -2.81. The van der Waals surface area contributed by atoms with Gasteiger partial charge >= 0.3 is 0 Å². The van der Waals surface area contributed by atoms with Crippen molar-refractivity contribution in [2.75, 3.05) is 0 Å². The molecule has 1 aromatic heterocycles. The molecule has 3 aromatic rings. The van der Waals surface area contributed by atoms with E-state index in [1.807, 2.05) is 42.5 Å². The Morgan fingerprint density at radius 1 is 1.11 bits per heavy atom. The lowest BCUT2D eigenvalue weighted by molar-refractivity contribution is 0.0951. The molecule has 1 N–H and O–H groups in total. The van der Waals surface area contributed by atoms with Crippen molar-refractivity contribution in [2.24, 2.45) is 5.92 Å². The van der Waals surface area contributed by atoms with Gasteiger partial charge in [0.25, 0.3) is 5.91 Å². The van der Waals surface area contributed by atoms with Gasteiger partial charge in [-0.05, 0) is 73.6 Å². The van der Waals surface area contributed by atoms with Gasteiger partial charge in [0.15, 0.2) is 0 Å². The van der Waals surface area contributed by atoms with Crippen molar-refractivity contribution in [3.05, 3.63) is 88.7 Å². The number of benzene rings is 2. The number of aromatic nitrogens is 1. The minimum absolute atomic E-state index is 0.0366. The molecule has 0 fully saturated rings. The zero-order valence-electron chi connectivity index (χ0n) is 16.0. The number of rotatable bonds is 4. The molecule has 3 heteroatoms. The average Bonchev–Trinajstić information content (AvgIpc) is 3.01. The molecule has 0 bridgehead atoms. The van der Waals surface area contributed by atoms with Gasteiger partial charge in [0.05, 0.1) is 0 Å². The summed E-state index contributed by atoms with van der Waals surface area (Å²) in [5.74, 6) is 0.730. The highest BCUT2D eigenvalue weighted by atomic mass is 16.1. The Morgan fingerprint density at radius 3 is 2.59 bits per heavy atom. The van der Waals surface area contributed by atoms with Gasteiger partial charge in [-0.25, -0.2) is 0 Å². The van der Waals surface area contributed by atoms with Crippen molar-refractivity contribution in [1.29, 1.82) is 0 Å². The van der Waals surface area contributed by atoms with Crippen LogP contribution in [-0.2, 0) is 19.4 Å². The summed E-state index contributed by atoms with van der Waals surface area (Å²) in [6, 6.07) is 20.3. The first-order valence-electron chi connectivity index (χ1n) is 9.74. The fourth-order valence-corrected chi connectivity index (χ4v) is 4.07. The van der Waals surface area contributed by atoms with E-state index in [0.29, 0.717) is 12.1 Å². The minimum atomic E-state index is -0.0366. The molecule has 4 rings (SSSR count). The van der Waals surface area contributed by atoms with Gasteiger partial charge < -0.3 is 9.88 Å². The summed E-state index contributed by atoms with van der Waals surface area (Å²) in [4.78, 5) is 12.4. The first-order chi connectivity index (χ1) is 13.1. The van der Waals surface area contributed by atoms with Crippen molar-refractivity contribution in [3.63, 3.8) is 0 Å². The SMILES string of the molecule is Cc1cc2c(n1-c1ccc(C(=O)NCc3ccccc3)cc1)CCC(C)C2. The van der Waals surface area contributed by atoms with E-state index < -0.39 is 0 Å². The summed E-state index contributed by atoms with van der Waals surface area (Å²) in [7, 11) is 0. The number of fused-ring (bicyclic) bond motifs is 1. The van der Waals surface area contributed by atoms with Crippen molar-refractivity contribution in [3.8, 4) is 5.69 Å². The van der Waals surface area contributed by atoms with E-state index in [0.717, 1.165) is 23.6 Å². The second-order valence-electron chi connectivity index (χ2n) is 7.66. The molecule has 1 aliphatic rings. The predicted octanol–water partition coefficient (Wildman–Crippen LogP) is 4.84. The van der Waals surface area contributed by atoms with Gasteiger partial charge in [-0.15, -0.1) is 0 Å². The topological polar surface area (TPSA) is 34.0 Å². The third-order valence-electron chi connectivity index (χ3n) is 5.50. The van der Waals surface area contributed by atoms with E-state index in [4.69, 9.17) is 0 Å². The number of amides is 1. The van der Waals surface area contributed by atoms with Gasteiger partial charge in [0.1, 0.15) is 0 Å². The Balaban J connectivity index is 1.50. The second-order valence-corrected chi connectivity index (χ2v) is 7.66. The standard InChI is InChI=1S/C24H26N2O/c1-17-8-13-23-21(14-17)15-18(2)26(23)22-11-9-20(10-12-22)24(27)25-16-19-6-4-3-5-7-19/h3-7,9-12,15,17H,8,13-14,16H2,1-2H3,(H,25,27). The largest absolute Gasteiger partial charge is 0.348 e. The Labute approximate surface area is 161 Å². The van der Waals surface area contributed by atoms with Crippen LogP contribution in [0.1, 0.15) is 46.2 Å². The molecule has 0 saturated carbocycles. The minimum Gasteiger partial charge on any atom is -0.348 e. The molecule has 0 aliphatic heterocycles. The van der Waals surface area contributed by atoms with Gasteiger partial charge in [0.2, 0.25) is 0 Å². The maximum Gasteiger partial charge on any atom is 0.251 e. The first kappa shape index (κ1) is 17.6. The molecule has 138 valence electrons. The molecular weight excluding hydrogens is 332 g/mol. The number of hydrogen-bond donors (Lipinski definition) is 1. The molecule has 0 radical (unpaired) electrons. The fraction of sp³-hybridized carbons (Fsp3) is 0.292. The Morgan fingerprint density at radius 2 is 1.85 bits per heavy atom. The lowest BCUT2D eigenvalue weighted by atomic mass is 9.89. The highest BCUT2D eigenvalue weighted by Gasteiger charge is 2.21. The summed E-state index contributed by atoms with van der Waals surface area (Å²) in [5, 5.41) is 2.99. The number of carbonyl (C=O) groups excluding carboxylic acids is 1. The van der Waals surface area contributed by atoms with E-state index in [1.54, 1.807) is 0 Å². The van der Waals surface area contributed by atoms with Crippen LogP contribution in [0.15, 0.2) is 60.7 Å². The third-order valence-corrected chi connectivity index (χ3v) is 5.50. The van der Waals surface area contributed by atoms with Crippen LogP contribution in [0.4, 0.5) is 0 Å². The van der Waals surface area contributed by atoms with E-state index in [2.05, 4.69) is 41.9 Å². The smallest absolute Gasteiger partial charge is 0.251 e. The molecule has 1 unspecified atom stereocenters. The molecule has 1 aliphatic carbocycles. The maximum absolute atomic E-state index is 12.4. The zero-order valence-corrected chi connectivity index (χ0v) is 16.0. The summed E-state index contributed by atoms with van der Waals surface area (Å²) in [6.07, 6.45) is 3.54. The second kappa shape index (κ2) is 7.43. The van der Waals surface area contributed by atoms with Crippen LogP contribution in [0.25, 0.3) is 5.69 Å². The molecule has 1 heterocycles. The van der Waals surface area contributed by atoms with E-state index >= 15 is 0 Å².